The van der Waals surface area contributed by atoms with Crippen LogP contribution in [0.25, 0.3) is 0 Å². The Morgan fingerprint density at radius 2 is 2.27 bits per heavy atom. The molecule has 86 valence electrons. The predicted octanol–water partition coefficient (Wildman–Crippen LogP) is 1.92. The number of guanidine groups is 1. The minimum atomic E-state index is 0.643. The summed E-state index contributed by atoms with van der Waals surface area (Å²) >= 11 is 0. The fourth-order valence-corrected chi connectivity index (χ4v) is 1.44. The van der Waals surface area contributed by atoms with Crippen molar-refractivity contribution in [2.75, 3.05) is 13.1 Å². The van der Waals surface area contributed by atoms with E-state index in [0.29, 0.717) is 6.04 Å². The highest BCUT2D eigenvalue weighted by atomic mass is 15.2. The van der Waals surface area contributed by atoms with Crippen molar-refractivity contribution in [3.05, 3.63) is 12.2 Å². The predicted molar refractivity (Wildman–Crippen MR) is 66.1 cm³/mol. The van der Waals surface area contributed by atoms with Gasteiger partial charge >= 0.3 is 0 Å². The fourth-order valence-electron chi connectivity index (χ4n) is 1.44. The molecule has 0 amide bonds. The second kappa shape index (κ2) is 6.49. The Labute approximate surface area is 93.1 Å². The Hall–Kier alpha value is -0.990. The molecule has 0 aromatic rings. The first-order chi connectivity index (χ1) is 7.27. The molecule has 15 heavy (non-hydrogen) atoms. The van der Waals surface area contributed by atoms with E-state index in [-0.39, 0.29) is 0 Å². The van der Waals surface area contributed by atoms with Crippen LogP contribution in [0.2, 0.25) is 0 Å². The third kappa shape index (κ3) is 4.86. The number of nitrogens with one attached hydrogen (secondary N) is 2. The molecule has 2 atom stereocenters. The van der Waals surface area contributed by atoms with Gasteiger partial charge in [0.05, 0.1) is 0 Å². The van der Waals surface area contributed by atoms with Gasteiger partial charge in [-0.25, -0.2) is 0 Å². The topological polar surface area (TPSA) is 36.4 Å². The van der Waals surface area contributed by atoms with Crippen molar-refractivity contribution in [2.24, 2.45) is 10.9 Å². The lowest BCUT2D eigenvalue weighted by molar-refractivity contribution is 0.766. The second-order valence-corrected chi connectivity index (χ2v) is 4.08. The lowest BCUT2D eigenvalue weighted by Crippen LogP contribution is -2.39. The summed E-state index contributed by atoms with van der Waals surface area (Å²) in [6, 6.07) is 0.643. The van der Waals surface area contributed by atoms with Gasteiger partial charge in [-0.15, -0.1) is 0 Å². The zero-order valence-electron chi connectivity index (χ0n) is 10.1. The van der Waals surface area contributed by atoms with Crippen LogP contribution in [-0.2, 0) is 0 Å². The zero-order valence-corrected chi connectivity index (χ0v) is 10.1. The summed E-state index contributed by atoms with van der Waals surface area (Å²) in [5, 5.41) is 6.70. The van der Waals surface area contributed by atoms with Crippen LogP contribution in [0.15, 0.2) is 17.1 Å². The molecule has 0 aromatic carbocycles. The normalized spacial score (nSPS) is 25.7. The summed E-state index contributed by atoms with van der Waals surface area (Å²) in [6.07, 6.45) is 6.51. The smallest absolute Gasteiger partial charge is 0.191 e. The summed E-state index contributed by atoms with van der Waals surface area (Å²) in [6.45, 7) is 8.19. The van der Waals surface area contributed by atoms with Crippen LogP contribution in [0.4, 0.5) is 0 Å². The largest absolute Gasteiger partial charge is 0.357 e. The van der Waals surface area contributed by atoms with Crippen LogP contribution in [0.5, 0.6) is 0 Å². The quantitative estimate of drug-likeness (QED) is 0.314. The van der Waals surface area contributed by atoms with Crippen molar-refractivity contribution in [3.8, 4) is 0 Å². The molecule has 2 unspecified atom stereocenters. The highest BCUT2D eigenvalue weighted by molar-refractivity contribution is 5.80. The van der Waals surface area contributed by atoms with Crippen molar-refractivity contribution in [3.63, 3.8) is 0 Å². The number of nitrogens with zero attached hydrogens (tertiary/aromatic N) is 1. The van der Waals surface area contributed by atoms with Gasteiger partial charge in [0, 0.05) is 19.1 Å². The van der Waals surface area contributed by atoms with Crippen LogP contribution >= 0.6 is 0 Å². The van der Waals surface area contributed by atoms with Crippen LogP contribution in [0.1, 0.15) is 33.6 Å². The van der Waals surface area contributed by atoms with Gasteiger partial charge < -0.3 is 10.6 Å². The molecule has 0 heterocycles. The van der Waals surface area contributed by atoms with E-state index in [1.807, 2.05) is 6.92 Å². The summed E-state index contributed by atoms with van der Waals surface area (Å²) in [5.41, 5.74) is 0. The molecule has 3 heteroatoms. The lowest BCUT2D eigenvalue weighted by Gasteiger charge is -2.10. The molecular formula is C12H23N3. The van der Waals surface area contributed by atoms with Gasteiger partial charge in [-0.05, 0) is 32.6 Å². The summed E-state index contributed by atoms with van der Waals surface area (Å²) in [4.78, 5) is 4.51. The van der Waals surface area contributed by atoms with Gasteiger partial charge in [0.1, 0.15) is 0 Å². The van der Waals surface area contributed by atoms with Crippen LogP contribution < -0.4 is 10.6 Å². The number of rotatable bonds is 5. The summed E-state index contributed by atoms with van der Waals surface area (Å²) < 4.78 is 0. The van der Waals surface area contributed by atoms with Gasteiger partial charge in [-0.1, -0.05) is 19.1 Å². The van der Waals surface area contributed by atoms with E-state index in [2.05, 4.69) is 41.6 Å². The molecule has 2 N–H and O–H groups in total. The number of hydrogen-bond donors (Lipinski definition) is 2. The van der Waals surface area contributed by atoms with Gasteiger partial charge in [0.15, 0.2) is 5.96 Å². The Morgan fingerprint density at radius 1 is 1.53 bits per heavy atom. The Bertz CT molecular complexity index is 233. The monoisotopic (exact) mass is 209 g/mol. The molecule has 0 radical (unpaired) electrons. The fraction of sp³-hybridized carbons (Fsp3) is 0.750. The van der Waals surface area contributed by atoms with Crippen molar-refractivity contribution in [1.29, 1.82) is 0 Å². The van der Waals surface area contributed by atoms with Gasteiger partial charge in [-0.3, -0.25) is 4.99 Å². The molecule has 0 bridgehead atoms. The Balaban J connectivity index is 2.27. The third-order valence-electron chi connectivity index (χ3n) is 2.58. The van der Waals surface area contributed by atoms with Crippen molar-refractivity contribution < 1.29 is 0 Å². The van der Waals surface area contributed by atoms with E-state index in [4.69, 9.17) is 0 Å². The minimum absolute atomic E-state index is 0.643. The van der Waals surface area contributed by atoms with Crippen molar-refractivity contribution in [1.82, 2.24) is 10.6 Å². The molecule has 1 fully saturated rings. The summed E-state index contributed by atoms with van der Waals surface area (Å²) in [7, 11) is 0. The molecule has 0 saturated heterocycles. The Kier molecular flexibility index (Phi) is 5.22. The minimum Gasteiger partial charge on any atom is -0.357 e. The average Bonchev–Trinajstić information content (AvgIpc) is 2.89. The van der Waals surface area contributed by atoms with Crippen molar-refractivity contribution in [2.45, 2.75) is 39.7 Å². The van der Waals surface area contributed by atoms with Crippen molar-refractivity contribution >= 4 is 5.96 Å². The maximum Gasteiger partial charge on any atom is 0.191 e. The number of allylic oxidation sites excluding steroid dienone is 1. The summed E-state index contributed by atoms with van der Waals surface area (Å²) in [5.74, 6) is 1.78. The highest BCUT2D eigenvalue weighted by Crippen LogP contribution is 2.28. The van der Waals surface area contributed by atoms with Crippen LogP contribution in [0, 0.1) is 5.92 Å². The van der Waals surface area contributed by atoms with E-state index in [1.54, 1.807) is 0 Å². The van der Waals surface area contributed by atoms with E-state index in [1.165, 1.54) is 6.42 Å². The maximum atomic E-state index is 4.51. The molecular weight excluding hydrogens is 186 g/mol. The van der Waals surface area contributed by atoms with E-state index in [9.17, 15) is 0 Å². The molecule has 1 rings (SSSR count). The maximum absolute atomic E-state index is 4.51. The highest BCUT2D eigenvalue weighted by Gasteiger charge is 2.33. The first-order valence-corrected chi connectivity index (χ1v) is 5.94. The molecule has 1 saturated carbocycles. The van der Waals surface area contributed by atoms with E-state index in [0.717, 1.165) is 31.4 Å². The number of hydrogen-bond acceptors (Lipinski definition) is 1. The molecule has 1 aliphatic carbocycles. The molecule has 0 aromatic heterocycles. The molecule has 3 nitrogen and oxygen atoms in total. The molecule has 1 aliphatic rings. The van der Waals surface area contributed by atoms with E-state index >= 15 is 0 Å². The van der Waals surface area contributed by atoms with E-state index < -0.39 is 0 Å². The SMILES string of the molecule is C/C=C/CCN=C(NCC)NC1CC1C. The van der Waals surface area contributed by atoms with Gasteiger partial charge in [0.2, 0.25) is 0 Å². The Morgan fingerprint density at radius 3 is 2.80 bits per heavy atom. The second-order valence-electron chi connectivity index (χ2n) is 4.08. The van der Waals surface area contributed by atoms with Crippen LogP contribution in [-0.4, -0.2) is 25.1 Å². The van der Waals surface area contributed by atoms with Gasteiger partial charge in [-0.2, -0.15) is 0 Å². The lowest BCUT2D eigenvalue weighted by atomic mass is 10.4. The number of aliphatic imine (C=N–C) groups is 1. The standard InChI is InChI=1S/C12H23N3/c1-4-6-7-8-14-12(13-5-2)15-11-9-10(11)3/h4,6,10-11H,5,7-9H2,1-3H3,(H2,13,14,15)/b6-4+. The first kappa shape index (κ1) is 12.1. The molecule has 0 aliphatic heterocycles. The van der Waals surface area contributed by atoms with Gasteiger partial charge in [0.25, 0.3) is 0 Å². The molecule has 0 spiro atoms. The average molecular weight is 209 g/mol. The van der Waals surface area contributed by atoms with Crippen LogP contribution in [0.3, 0.4) is 0 Å². The third-order valence-corrected chi connectivity index (χ3v) is 2.58. The first-order valence-electron chi connectivity index (χ1n) is 5.94. The zero-order chi connectivity index (χ0) is 11.1.